The number of rotatable bonds is 4. The van der Waals surface area contributed by atoms with Crippen LogP contribution in [0.25, 0.3) is 0 Å². The Morgan fingerprint density at radius 3 is 2.60 bits per heavy atom. The lowest BCUT2D eigenvalue weighted by Crippen LogP contribution is -2.29. The van der Waals surface area contributed by atoms with Crippen LogP contribution in [0.4, 0.5) is 0 Å². The maximum atomic E-state index is 12.0. The number of carbonyl (C=O) groups excluding carboxylic acids is 1. The first-order valence-corrected chi connectivity index (χ1v) is 7.27. The maximum Gasteiger partial charge on any atom is 0.223 e. The molecule has 0 spiro atoms. The lowest BCUT2D eigenvalue weighted by molar-refractivity contribution is -0.130. The molecule has 2 N–H and O–H groups in total. The number of furan rings is 1. The Kier molecular flexibility index (Phi) is 3.56. The monoisotopic (exact) mass is 279 g/mol. The average molecular weight is 279 g/mol. The molecule has 0 bridgehead atoms. The van der Waals surface area contributed by atoms with E-state index in [1.807, 2.05) is 12.1 Å². The Labute approximate surface area is 118 Å². The molecule has 2 aliphatic rings. The van der Waals surface area contributed by atoms with Gasteiger partial charge in [-0.15, -0.1) is 0 Å². The standard InChI is InChI=1S/C15H21NO4/c1-9-6-11(9)14-4-2-10(20-14)3-5-15(19)16-7-12(17)13(18)8-16/h2,4,9,11-13,17-18H,3,5-8H2,1H3/t9?,11?,12-,13+. The van der Waals surface area contributed by atoms with Crippen molar-refractivity contribution in [2.45, 2.75) is 44.3 Å². The first-order chi connectivity index (χ1) is 9.54. The number of hydrogen-bond donors (Lipinski definition) is 2. The number of likely N-dealkylation sites (tertiary alicyclic amines) is 1. The van der Waals surface area contributed by atoms with Crippen molar-refractivity contribution in [3.63, 3.8) is 0 Å². The van der Waals surface area contributed by atoms with Gasteiger partial charge in [0, 0.05) is 31.8 Å². The van der Waals surface area contributed by atoms with Crippen LogP contribution in [-0.2, 0) is 11.2 Å². The molecule has 2 fully saturated rings. The highest BCUT2D eigenvalue weighted by Gasteiger charge is 2.36. The van der Waals surface area contributed by atoms with Crippen LogP contribution in [0.15, 0.2) is 16.5 Å². The quantitative estimate of drug-likeness (QED) is 0.859. The zero-order chi connectivity index (χ0) is 14.3. The minimum Gasteiger partial charge on any atom is -0.466 e. The lowest BCUT2D eigenvalue weighted by atomic mass is 10.2. The fourth-order valence-corrected chi connectivity index (χ4v) is 2.81. The summed E-state index contributed by atoms with van der Waals surface area (Å²) in [6.07, 6.45) is 0.487. The molecule has 1 aromatic rings. The Bertz CT molecular complexity index is 488. The molecule has 1 saturated carbocycles. The average Bonchev–Trinajstić information content (AvgIpc) is 2.85. The Morgan fingerprint density at radius 2 is 2.00 bits per heavy atom. The third kappa shape index (κ3) is 2.74. The van der Waals surface area contributed by atoms with Crippen LogP contribution in [0.3, 0.4) is 0 Å². The molecule has 3 rings (SSSR count). The number of carbonyl (C=O) groups is 1. The van der Waals surface area contributed by atoms with E-state index in [-0.39, 0.29) is 19.0 Å². The molecule has 4 atom stereocenters. The molecule has 1 aliphatic heterocycles. The molecule has 0 aromatic carbocycles. The number of aliphatic hydroxyl groups excluding tert-OH is 2. The van der Waals surface area contributed by atoms with Gasteiger partial charge in [-0.3, -0.25) is 4.79 Å². The smallest absolute Gasteiger partial charge is 0.223 e. The summed E-state index contributed by atoms with van der Waals surface area (Å²) in [4.78, 5) is 13.5. The fraction of sp³-hybridized carbons (Fsp3) is 0.667. The number of aliphatic hydroxyl groups is 2. The largest absolute Gasteiger partial charge is 0.466 e. The molecule has 5 heteroatoms. The van der Waals surface area contributed by atoms with E-state index in [9.17, 15) is 15.0 Å². The number of aryl methyl sites for hydroxylation is 1. The second-order valence-electron chi connectivity index (χ2n) is 6.06. The van der Waals surface area contributed by atoms with E-state index in [0.29, 0.717) is 24.7 Å². The molecule has 1 saturated heterocycles. The molecule has 20 heavy (non-hydrogen) atoms. The highest BCUT2D eigenvalue weighted by atomic mass is 16.3. The van der Waals surface area contributed by atoms with Gasteiger partial charge in [-0.1, -0.05) is 6.92 Å². The topological polar surface area (TPSA) is 73.9 Å². The van der Waals surface area contributed by atoms with Gasteiger partial charge in [-0.2, -0.15) is 0 Å². The highest BCUT2D eigenvalue weighted by molar-refractivity contribution is 5.76. The molecule has 2 heterocycles. The van der Waals surface area contributed by atoms with Crippen LogP contribution in [0.2, 0.25) is 0 Å². The van der Waals surface area contributed by atoms with Gasteiger partial charge in [0.25, 0.3) is 0 Å². The SMILES string of the molecule is CC1CC1c1ccc(CCC(=O)N2C[C@@H](O)[C@@H](O)C2)o1. The zero-order valence-corrected chi connectivity index (χ0v) is 11.7. The van der Waals surface area contributed by atoms with Crippen LogP contribution >= 0.6 is 0 Å². The molecular weight excluding hydrogens is 258 g/mol. The predicted octanol–water partition coefficient (Wildman–Crippen LogP) is 0.900. The zero-order valence-electron chi connectivity index (χ0n) is 11.7. The van der Waals surface area contributed by atoms with Gasteiger partial charge in [0.1, 0.15) is 11.5 Å². The van der Waals surface area contributed by atoms with Gasteiger partial charge in [0.2, 0.25) is 5.91 Å². The van der Waals surface area contributed by atoms with E-state index >= 15 is 0 Å². The van der Waals surface area contributed by atoms with Crippen molar-refractivity contribution in [3.8, 4) is 0 Å². The van der Waals surface area contributed by atoms with Crippen LogP contribution < -0.4 is 0 Å². The molecule has 2 unspecified atom stereocenters. The first kappa shape index (κ1) is 13.6. The molecule has 1 aromatic heterocycles. The third-order valence-electron chi connectivity index (χ3n) is 4.35. The third-order valence-corrected chi connectivity index (χ3v) is 4.35. The summed E-state index contributed by atoms with van der Waals surface area (Å²) in [5.41, 5.74) is 0. The van der Waals surface area contributed by atoms with E-state index in [0.717, 1.165) is 11.5 Å². The number of amides is 1. The summed E-state index contributed by atoms with van der Waals surface area (Å²) in [6, 6.07) is 3.96. The molecule has 1 aliphatic carbocycles. The highest BCUT2D eigenvalue weighted by Crippen LogP contribution is 2.47. The van der Waals surface area contributed by atoms with E-state index in [1.54, 1.807) is 0 Å². The van der Waals surface area contributed by atoms with Crippen LogP contribution in [0, 0.1) is 5.92 Å². The number of nitrogens with zero attached hydrogens (tertiary/aromatic N) is 1. The Balaban J connectivity index is 1.49. The number of hydrogen-bond acceptors (Lipinski definition) is 4. The van der Waals surface area contributed by atoms with Gasteiger partial charge in [0.15, 0.2) is 0 Å². The Morgan fingerprint density at radius 1 is 1.35 bits per heavy atom. The van der Waals surface area contributed by atoms with Gasteiger partial charge in [-0.05, 0) is 24.5 Å². The first-order valence-electron chi connectivity index (χ1n) is 7.27. The molecule has 0 radical (unpaired) electrons. The van der Waals surface area contributed by atoms with E-state index in [1.165, 1.54) is 11.3 Å². The van der Waals surface area contributed by atoms with Crippen LogP contribution in [0.5, 0.6) is 0 Å². The molecule has 110 valence electrons. The van der Waals surface area contributed by atoms with Crippen molar-refractivity contribution in [2.75, 3.05) is 13.1 Å². The van der Waals surface area contributed by atoms with Crippen molar-refractivity contribution in [1.29, 1.82) is 0 Å². The normalized spacial score (nSPS) is 32.6. The summed E-state index contributed by atoms with van der Waals surface area (Å²) in [7, 11) is 0. The molecule has 1 amide bonds. The summed E-state index contributed by atoms with van der Waals surface area (Å²) in [6.45, 7) is 2.66. The summed E-state index contributed by atoms with van der Waals surface area (Å²) in [5, 5.41) is 18.9. The summed E-state index contributed by atoms with van der Waals surface area (Å²) >= 11 is 0. The predicted molar refractivity (Wildman–Crippen MR) is 72.1 cm³/mol. The van der Waals surface area contributed by atoms with Gasteiger partial charge < -0.3 is 19.5 Å². The minimum absolute atomic E-state index is 0.0432. The van der Waals surface area contributed by atoms with Gasteiger partial charge in [-0.25, -0.2) is 0 Å². The number of β-amino-alcohol motifs (C(OH)–C–C–N with tert-alkyl or cyclic N) is 2. The van der Waals surface area contributed by atoms with E-state index < -0.39 is 12.2 Å². The second kappa shape index (κ2) is 5.22. The van der Waals surface area contributed by atoms with E-state index in [2.05, 4.69) is 6.92 Å². The van der Waals surface area contributed by atoms with E-state index in [4.69, 9.17) is 4.42 Å². The second-order valence-corrected chi connectivity index (χ2v) is 6.06. The lowest BCUT2D eigenvalue weighted by Gasteiger charge is -2.14. The van der Waals surface area contributed by atoms with Crippen molar-refractivity contribution in [3.05, 3.63) is 23.7 Å². The van der Waals surface area contributed by atoms with Crippen molar-refractivity contribution < 1.29 is 19.4 Å². The Hall–Kier alpha value is -1.33. The van der Waals surface area contributed by atoms with Crippen molar-refractivity contribution in [1.82, 2.24) is 4.90 Å². The van der Waals surface area contributed by atoms with Crippen molar-refractivity contribution in [2.24, 2.45) is 5.92 Å². The van der Waals surface area contributed by atoms with Crippen LogP contribution in [-0.4, -0.2) is 46.3 Å². The summed E-state index contributed by atoms with van der Waals surface area (Å²) < 4.78 is 5.76. The van der Waals surface area contributed by atoms with Gasteiger partial charge in [0.05, 0.1) is 12.2 Å². The molecular formula is C15H21NO4. The van der Waals surface area contributed by atoms with Gasteiger partial charge >= 0.3 is 0 Å². The van der Waals surface area contributed by atoms with Crippen molar-refractivity contribution >= 4 is 5.91 Å². The minimum atomic E-state index is -0.814. The maximum absolute atomic E-state index is 12.0. The summed E-state index contributed by atoms with van der Waals surface area (Å²) in [5.74, 6) is 3.10. The molecule has 5 nitrogen and oxygen atoms in total. The van der Waals surface area contributed by atoms with Crippen LogP contribution in [0.1, 0.15) is 37.2 Å². The fourth-order valence-electron chi connectivity index (χ4n) is 2.81.